The molecule has 1 aromatic rings. The van der Waals surface area contributed by atoms with Crippen molar-refractivity contribution in [1.29, 1.82) is 0 Å². The van der Waals surface area contributed by atoms with Crippen LogP contribution < -0.4 is 4.74 Å². The minimum atomic E-state index is -0.431. The summed E-state index contributed by atoms with van der Waals surface area (Å²) in [5.41, 5.74) is 0.877. The van der Waals surface area contributed by atoms with E-state index in [1.807, 2.05) is 24.0 Å². The minimum Gasteiger partial charge on any atom is -0.484 e. The van der Waals surface area contributed by atoms with E-state index < -0.39 is 6.10 Å². The molecule has 20 heavy (non-hydrogen) atoms. The molecule has 110 valence electrons. The van der Waals surface area contributed by atoms with Crippen LogP contribution in [0.1, 0.15) is 44.3 Å². The first-order valence-electron chi connectivity index (χ1n) is 7.39. The summed E-state index contributed by atoms with van der Waals surface area (Å²) >= 11 is 0. The molecule has 0 spiro atoms. The Labute approximate surface area is 120 Å². The average Bonchev–Trinajstić information content (AvgIpc) is 2.53. The number of ether oxygens (including phenoxy) is 1. The lowest BCUT2D eigenvalue weighted by Crippen LogP contribution is -2.38. The zero-order valence-electron chi connectivity index (χ0n) is 12.0. The predicted octanol–water partition coefficient (Wildman–Crippen LogP) is 2.52. The lowest BCUT2D eigenvalue weighted by Gasteiger charge is -2.26. The highest BCUT2D eigenvalue weighted by molar-refractivity contribution is 5.77. The van der Waals surface area contributed by atoms with Crippen molar-refractivity contribution < 1.29 is 14.6 Å². The first-order valence-corrected chi connectivity index (χ1v) is 7.39. The molecule has 1 aliphatic rings. The topological polar surface area (TPSA) is 49.8 Å². The van der Waals surface area contributed by atoms with Crippen LogP contribution in [0.2, 0.25) is 0 Å². The van der Waals surface area contributed by atoms with Gasteiger partial charge in [0, 0.05) is 13.1 Å². The van der Waals surface area contributed by atoms with Gasteiger partial charge >= 0.3 is 0 Å². The Bertz CT molecular complexity index is 424. The van der Waals surface area contributed by atoms with Gasteiger partial charge in [0.15, 0.2) is 6.61 Å². The van der Waals surface area contributed by atoms with Crippen LogP contribution in [-0.4, -0.2) is 35.6 Å². The second-order valence-electron chi connectivity index (χ2n) is 5.22. The Morgan fingerprint density at radius 2 is 1.90 bits per heavy atom. The summed E-state index contributed by atoms with van der Waals surface area (Å²) in [6, 6.07) is 7.29. The van der Waals surface area contributed by atoms with Crippen LogP contribution >= 0.6 is 0 Å². The molecule has 0 unspecified atom stereocenters. The Morgan fingerprint density at radius 3 is 2.50 bits per heavy atom. The summed E-state index contributed by atoms with van der Waals surface area (Å²) in [6.07, 6.45) is 3.66. The van der Waals surface area contributed by atoms with Gasteiger partial charge in [-0.05, 0) is 43.4 Å². The lowest BCUT2D eigenvalue weighted by molar-refractivity contribution is -0.134. The van der Waals surface area contributed by atoms with Crippen LogP contribution in [0.3, 0.4) is 0 Å². The maximum absolute atomic E-state index is 12.0. The summed E-state index contributed by atoms with van der Waals surface area (Å²) in [5.74, 6) is 0.727. The third kappa shape index (κ3) is 3.97. The van der Waals surface area contributed by atoms with Gasteiger partial charge in [0.2, 0.25) is 0 Å². The van der Waals surface area contributed by atoms with E-state index in [4.69, 9.17) is 4.74 Å². The Kier molecular flexibility index (Phi) is 5.41. The maximum atomic E-state index is 12.0. The van der Waals surface area contributed by atoms with Gasteiger partial charge in [-0.3, -0.25) is 4.79 Å². The monoisotopic (exact) mass is 277 g/mol. The van der Waals surface area contributed by atoms with Gasteiger partial charge in [-0.15, -0.1) is 0 Å². The van der Waals surface area contributed by atoms with E-state index in [9.17, 15) is 9.90 Å². The van der Waals surface area contributed by atoms with Gasteiger partial charge in [0.25, 0.3) is 5.91 Å². The molecule has 2 rings (SSSR count). The second-order valence-corrected chi connectivity index (χ2v) is 5.22. The van der Waals surface area contributed by atoms with Crippen LogP contribution in [0, 0.1) is 0 Å². The molecular weight excluding hydrogens is 254 g/mol. The molecule has 0 saturated carbocycles. The van der Waals surface area contributed by atoms with Gasteiger partial charge in [0.1, 0.15) is 5.75 Å². The number of piperidine rings is 1. The largest absolute Gasteiger partial charge is 0.484 e. The fourth-order valence-electron chi connectivity index (χ4n) is 2.40. The SMILES string of the molecule is CC[C@H](O)c1ccc(OCC(=O)N2CCCCC2)cc1. The highest BCUT2D eigenvalue weighted by Crippen LogP contribution is 2.20. The minimum absolute atomic E-state index is 0.0577. The Balaban J connectivity index is 1.82. The smallest absolute Gasteiger partial charge is 0.260 e. The van der Waals surface area contributed by atoms with Crippen molar-refractivity contribution in [3.05, 3.63) is 29.8 Å². The molecule has 1 aromatic carbocycles. The number of rotatable bonds is 5. The number of hydrogen-bond acceptors (Lipinski definition) is 3. The van der Waals surface area contributed by atoms with Gasteiger partial charge in [-0.1, -0.05) is 19.1 Å². The summed E-state index contributed by atoms with van der Waals surface area (Å²) in [7, 11) is 0. The van der Waals surface area contributed by atoms with E-state index in [1.165, 1.54) is 6.42 Å². The number of hydrogen-bond donors (Lipinski definition) is 1. The van der Waals surface area contributed by atoms with E-state index in [1.54, 1.807) is 12.1 Å². The van der Waals surface area contributed by atoms with Crippen molar-refractivity contribution in [2.75, 3.05) is 19.7 Å². The van der Waals surface area contributed by atoms with Gasteiger partial charge in [-0.2, -0.15) is 0 Å². The molecule has 0 aliphatic carbocycles. The molecule has 1 amide bonds. The van der Waals surface area contributed by atoms with Crippen molar-refractivity contribution >= 4 is 5.91 Å². The fourth-order valence-corrected chi connectivity index (χ4v) is 2.40. The second kappa shape index (κ2) is 7.29. The van der Waals surface area contributed by atoms with Crippen LogP contribution in [-0.2, 0) is 4.79 Å². The molecule has 1 aliphatic heterocycles. The number of amides is 1. The van der Waals surface area contributed by atoms with E-state index in [0.717, 1.165) is 31.5 Å². The van der Waals surface area contributed by atoms with Crippen molar-refractivity contribution in [3.63, 3.8) is 0 Å². The molecule has 4 nitrogen and oxygen atoms in total. The van der Waals surface area contributed by atoms with Gasteiger partial charge in [0.05, 0.1) is 6.10 Å². The molecule has 1 heterocycles. The Morgan fingerprint density at radius 1 is 1.25 bits per heavy atom. The summed E-state index contributed by atoms with van der Waals surface area (Å²) in [5, 5.41) is 9.71. The van der Waals surface area contributed by atoms with Crippen LogP contribution in [0.5, 0.6) is 5.75 Å². The highest BCUT2D eigenvalue weighted by Gasteiger charge is 2.16. The quantitative estimate of drug-likeness (QED) is 0.899. The van der Waals surface area contributed by atoms with E-state index in [-0.39, 0.29) is 12.5 Å². The predicted molar refractivity (Wildman–Crippen MR) is 77.6 cm³/mol. The summed E-state index contributed by atoms with van der Waals surface area (Å²) in [6.45, 7) is 3.73. The normalized spacial score (nSPS) is 16.8. The molecule has 4 heteroatoms. The van der Waals surface area contributed by atoms with Crippen molar-refractivity contribution in [1.82, 2.24) is 4.90 Å². The van der Waals surface area contributed by atoms with E-state index >= 15 is 0 Å². The highest BCUT2D eigenvalue weighted by atomic mass is 16.5. The molecule has 0 aromatic heterocycles. The number of aliphatic hydroxyl groups is 1. The maximum Gasteiger partial charge on any atom is 0.260 e. The molecule has 1 saturated heterocycles. The first-order chi connectivity index (χ1) is 9.70. The molecule has 1 N–H and O–H groups in total. The zero-order chi connectivity index (χ0) is 14.4. The lowest BCUT2D eigenvalue weighted by atomic mass is 10.1. The van der Waals surface area contributed by atoms with Crippen LogP contribution in [0.4, 0.5) is 0 Å². The number of nitrogens with zero attached hydrogens (tertiary/aromatic N) is 1. The molecular formula is C16H23NO3. The van der Waals surface area contributed by atoms with E-state index in [0.29, 0.717) is 12.2 Å². The zero-order valence-corrected chi connectivity index (χ0v) is 12.0. The molecule has 1 fully saturated rings. The van der Waals surface area contributed by atoms with Crippen molar-refractivity contribution in [2.24, 2.45) is 0 Å². The van der Waals surface area contributed by atoms with Gasteiger partial charge < -0.3 is 14.7 Å². The number of likely N-dealkylation sites (tertiary alicyclic amines) is 1. The number of carbonyl (C=O) groups is 1. The third-order valence-corrected chi connectivity index (χ3v) is 3.72. The van der Waals surface area contributed by atoms with Gasteiger partial charge in [-0.25, -0.2) is 0 Å². The number of carbonyl (C=O) groups excluding carboxylic acids is 1. The summed E-state index contributed by atoms with van der Waals surface area (Å²) in [4.78, 5) is 13.8. The number of aliphatic hydroxyl groups excluding tert-OH is 1. The van der Waals surface area contributed by atoms with Crippen LogP contribution in [0.15, 0.2) is 24.3 Å². The fraction of sp³-hybridized carbons (Fsp3) is 0.562. The van der Waals surface area contributed by atoms with Crippen molar-refractivity contribution in [3.8, 4) is 5.75 Å². The Hall–Kier alpha value is -1.55. The summed E-state index contributed by atoms with van der Waals surface area (Å²) < 4.78 is 5.52. The number of benzene rings is 1. The first kappa shape index (κ1) is 14.9. The molecule has 0 bridgehead atoms. The molecule has 1 atom stereocenters. The third-order valence-electron chi connectivity index (χ3n) is 3.72. The van der Waals surface area contributed by atoms with Crippen molar-refractivity contribution in [2.45, 2.75) is 38.7 Å². The molecule has 0 radical (unpaired) electrons. The van der Waals surface area contributed by atoms with Crippen LogP contribution in [0.25, 0.3) is 0 Å². The standard InChI is InChI=1S/C16H23NO3/c1-2-15(18)13-6-8-14(9-7-13)20-12-16(19)17-10-4-3-5-11-17/h6-9,15,18H,2-5,10-12H2,1H3/t15-/m0/s1. The average molecular weight is 277 g/mol. The van der Waals surface area contributed by atoms with E-state index in [2.05, 4.69) is 0 Å².